The van der Waals surface area contributed by atoms with Gasteiger partial charge in [0.2, 0.25) is 0 Å². The lowest BCUT2D eigenvalue weighted by molar-refractivity contribution is 0.256. The molecule has 1 aliphatic heterocycles. The van der Waals surface area contributed by atoms with E-state index in [4.69, 9.17) is 12.2 Å². The van der Waals surface area contributed by atoms with Crippen LogP contribution in [0.15, 0.2) is 12.2 Å². The molecule has 2 nitrogen and oxygen atoms in total. The van der Waals surface area contributed by atoms with Crippen LogP contribution in [-0.2, 0) is 0 Å². The van der Waals surface area contributed by atoms with E-state index in [0.29, 0.717) is 19.1 Å². The zero-order chi connectivity index (χ0) is 8.10. The largest absolute Gasteiger partial charge is 0.329 e. The van der Waals surface area contributed by atoms with E-state index in [9.17, 15) is 0 Å². The second kappa shape index (κ2) is 4.17. The first-order valence-corrected chi connectivity index (χ1v) is 3.92. The molecule has 0 saturated heterocycles. The lowest BCUT2D eigenvalue weighted by atomic mass is 10.1. The Kier molecular flexibility index (Phi) is 3.15. The molecule has 0 aromatic carbocycles. The maximum Gasteiger partial charge on any atom is 0.0604 e. The van der Waals surface area contributed by atoms with E-state index in [0.717, 1.165) is 13.0 Å². The van der Waals surface area contributed by atoms with Crippen molar-refractivity contribution in [1.82, 2.24) is 4.90 Å². The van der Waals surface area contributed by atoms with Gasteiger partial charge in [0.15, 0.2) is 0 Å². The molecule has 0 spiro atoms. The highest BCUT2D eigenvalue weighted by Gasteiger charge is 2.14. The number of hydrogen-bond donors (Lipinski definition) is 1. The fourth-order valence-electron chi connectivity index (χ4n) is 1.32. The highest BCUT2D eigenvalue weighted by Crippen LogP contribution is 2.07. The summed E-state index contributed by atoms with van der Waals surface area (Å²) < 4.78 is 0. The fraction of sp³-hybridized carbons (Fsp3) is 0.556. The Morgan fingerprint density at radius 2 is 2.55 bits per heavy atom. The van der Waals surface area contributed by atoms with Crippen LogP contribution < -0.4 is 5.73 Å². The molecular weight excluding hydrogens is 136 g/mol. The molecule has 2 N–H and O–H groups in total. The van der Waals surface area contributed by atoms with Crippen molar-refractivity contribution in [3.05, 3.63) is 12.2 Å². The van der Waals surface area contributed by atoms with Gasteiger partial charge < -0.3 is 5.73 Å². The zero-order valence-electron chi connectivity index (χ0n) is 6.66. The molecule has 1 atom stereocenters. The first-order chi connectivity index (χ1) is 5.38. The molecule has 1 aliphatic rings. The van der Waals surface area contributed by atoms with Gasteiger partial charge in [0.25, 0.3) is 0 Å². The number of nitrogens with two attached hydrogens (primary N) is 1. The number of nitrogens with zero attached hydrogens (tertiary/aromatic N) is 1. The Labute approximate surface area is 68.1 Å². The van der Waals surface area contributed by atoms with Crippen molar-refractivity contribution >= 4 is 0 Å². The highest BCUT2D eigenvalue weighted by molar-refractivity contribution is 5.03. The van der Waals surface area contributed by atoms with Crippen molar-refractivity contribution in [2.75, 3.05) is 19.6 Å². The molecule has 2 heteroatoms. The first-order valence-electron chi connectivity index (χ1n) is 3.92. The lowest BCUT2D eigenvalue weighted by Crippen LogP contribution is -2.41. The summed E-state index contributed by atoms with van der Waals surface area (Å²) in [6.45, 7) is 2.42. The van der Waals surface area contributed by atoms with Gasteiger partial charge in [-0.25, -0.2) is 0 Å². The normalized spacial score (nSPS) is 24.9. The van der Waals surface area contributed by atoms with Crippen molar-refractivity contribution in [2.45, 2.75) is 12.5 Å². The average Bonchev–Trinajstić information content (AvgIpc) is 2.06. The van der Waals surface area contributed by atoms with Crippen molar-refractivity contribution in [3.63, 3.8) is 0 Å². The number of rotatable bonds is 2. The van der Waals surface area contributed by atoms with E-state index >= 15 is 0 Å². The summed E-state index contributed by atoms with van der Waals surface area (Å²) in [7, 11) is 0. The monoisotopic (exact) mass is 150 g/mol. The standard InChI is InChI=1S/C9H14N2/c1-2-6-11-7-4-3-5-9(11)8-10/h1,3,5,9H,4,6-8,10H2. The van der Waals surface area contributed by atoms with Gasteiger partial charge in [-0.3, -0.25) is 4.90 Å². The lowest BCUT2D eigenvalue weighted by Gasteiger charge is -2.29. The van der Waals surface area contributed by atoms with Gasteiger partial charge in [-0.15, -0.1) is 6.42 Å². The molecule has 0 radical (unpaired) electrons. The molecule has 0 bridgehead atoms. The second-order valence-electron chi connectivity index (χ2n) is 2.69. The van der Waals surface area contributed by atoms with Crippen LogP contribution in [0.3, 0.4) is 0 Å². The van der Waals surface area contributed by atoms with Crippen LogP contribution in [0.4, 0.5) is 0 Å². The van der Waals surface area contributed by atoms with Gasteiger partial charge in [-0.2, -0.15) is 0 Å². The maximum absolute atomic E-state index is 5.56. The van der Waals surface area contributed by atoms with Gasteiger partial charge in [-0.1, -0.05) is 18.1 Å². The van der Waals surface area contributed by atoms with Crippen LogP contribution in [0, 0.1) is 12.3 Å². The molecule has 0 aliphatic carbocycles. The van der Waals surface area contributed by atoms with E-state index in [1.165, 1.54) is 0 Å². The average molecular weight is 150 g/mol. The molecule has 60 valence electrons. The third-order valence-corrected chi connectivity index (χ3v) is 1.95. The predicted octanol–water partition coefficient (Wildman–Crippen LogP) is 0.209. The van der Waals surface area contributed by atoms with Gasteiger partial charge in [0.05, 0.1) is 6.54 Å². The highest BCUT2D eigenvalue weighted by atomic mass is 15.2. The Morgan fingerprint density at radius 1 is 1.73 bits per heavy atom. The Morgan fingerprint density at radius 3 is 3.18 bits per heavy atom. The zero-order valence-corrected chi connectivity index (χ0v) is 6.66. The quantitative estimate of drug-likeness (QED) is 0.450. The Bertz CT molecular complexity index is 178. The molecule has 0 saturated carbocycles. The van der Waals surface area contributed by atoms with E-state index in [1.54, 1.807) is 0 Å². The van der Waals surface area contributed by atoms with Crippen LogP contribution in [0.5, 0.6) is 0 Å². The van der Waals surface area contributed by atoms with Gasteiger partial charge in [0, 0.05) is 19.1 Å². The summed E-state index contributed by atoms with van der Waals surface area (Å²) in [5.74, 6) is 2.64. The Balaban J connectivity index is 2.50. The molecule has 1 unspecified atom stereocenters. The second-order valence-corrected chi connectivity index (χ2v) is 2.69. The van der Waals surface area contributed by atoms with E-state index in [-0.39, 0.29) is 0 Å². The molecule has 0 aromatic rings. The van der Waals surface area contributed by atoms with Crippen molar-refractivity contribution in [1.29, 1.82) is 0 Å². The SMILES string of the molecule is C#CCN1CCC=CC1CN. The molecule has 1 heterocycles. The fourth-order valence-corrected chi connectivity index (χ4v) is 1.32. The van der Waals surface area contributed by atoms with Crippen LogP contribution >= 0.6 is 0 Å². The van der Waals surface area contributed by atoms with Crippen molar-refractivity contribution in [2.24, 2.45) is 5.73 Å². The van der Waals surface area contributed by atoms with E-state index < -0.39 is 0 Å². The van der Waals surface area contributed by atoms with E-state index in [2.05, 4.69) is 23.0 Å². The van der Waals surface area contributed by atoms with E-state index in [1.807, 2.05) is 0 Å². The first kappa shape index (κ1) is 8.32. The Hall–Kier alpha value is -0.780. The summed E-state index contributed by atoms with van der Waals surface area (Å²) in [6.07, 6.45) is 10.6. The van der Waals surface area contributed by atoms with Gasteiger partial charge in [0.1, 0.15) is 0 Å². The molecule has 11 heavy (non-hydrogen) atoms. The summed E-state index contributed by atoms with van der Waals surface area (Å²) >= 11 is 0. The predicted molar refractivity (Wildman–Crippen MR) is 47.0 cm³/mol. The topological polar surface area (TPSA) is 29.3 Å². The van der Waals surface area contributed by atoms with Crippen LogP contribution in [0.1, 0.15) is 6.42 Å². The third kappa shape index (κ3) is 2.07. The minimum atomic E-state index is 0.361. The summed E-state index contributed by atoms with van der Waals surface area (Å²) in [6, 6.07) is 0.361. The van der Waals surface area contributed by atoms with Crippen molar-refractivity contribution < 1.29 is 0 Å². The van der Waals surface area contributed by atoms with Crippen molar-refractivity contribution in [3.8, 4) is 12.3 Å². The smallest absolute Gasteiger partial charge is 0.0604 e. The third-order valence-electron chi connectivity index (χ3n) is 1.95. The summed E-state index contributed by atoms with van der Waals surface area (Å²) in [4.78, 5) is 2.22. The number of hydrogen-bond acceptors (Lipinski definition) is 2. The molecule has 1 rings (SSSR count). The maximum atomic E-state index is 5.56. The summed E-state index contributed by atoms with van der Waals surface area (Å²) in [5, 5.41) is 0. The van der Waals surface area contributed by atoms with Gasteiger partial charge in [-0.05, 0) is 6.42 Å². The minimum absolute atomic E-state index is 0.361. The number of terminal acetylenes is 1. The molecule has 0 amide bonds. The van der Waals surface area contributed by atoms with Crippen LogP contribution in [0.2, 0.25) is 0 Å². The molecule has 0 fully saturated rings. The van der Waals surface area contributed by atoms with Gasteiger partial charge >= 0.3 is 0 Å². The van der Waals surface area contributed by atoms with Crippen LogP contribution in [-0.4, -0.2) is 30.6 Å². The van der Waals surface area contributed by atoms with Crippen LogP contribution in [0.25, 0.3) is 0 Å². The molecule has 0 aromatic heterocycles. The minimum Gasteiger partial charge on any atom is -0.329 e. The molecular formula is C9H14N2. The summed E-state index contributed by atoms with van der Waals surface area (Å²) in [5.41, 5.74) is 5.56.